The molecule has 1 aliphatic carbocycles. The maximum Gasteiger partial charge on any atom is 0.383 e. The first kappa shape index (κ1) is 11.0. The molecule has 0 amide bonds. The molecule has 0 atom stereocenters. The van der Waals surface area contributed by atoms with Gasteiger partial charge < -0.3 is 0 Å². The zero-order valence-electron chi connectivity index (χ0n) is 9.06. The molecule has 0 spiro atoms. The van der Waals surface area contributed by atoms with Gasteiger partial charge in [0.2, 0.25) is 12.4 Å². The van der Waals surface area contributed by atoms with Gasteiger partial charge in [0.1, 0.15) is 5.82 Å². The minimum atomic E-state index is -0.343. The Morgan fingerprint density at radius 3 is 2.50 bits per heavy atom. The summed E-state index contributed by atoms with van der Waals surface area (Å²) in [7, 11) is 0. The van der Waals surface area contributed by atoms with Crippen molar-refractivity contribution in [3.8, 4) is 0 Å². The minimum Gasteiger partial charge on any atom is -0.244 e. The molecule has 0 unspecified atom stereocenters. The molecule has 0 radical (unpaired) electrons. The van der Waals surface area contributed by atoms with Crippen LogP contribution in [-0.4, -0.2) is 5.97 Å². The van der Waals surface area contributed by atoms with E-state index in [0.29, 0.717) is 0 Å². The number of nitrogens with zero attached hydrogens (tertiary/aromatic N) is 1. The highest BCUT2D eigenvalue weighted by Crippen LogP contribution is 2.23. The number of hydrogen-bond acceptors (Lipinski definition) is 2. The number of carbonyl (C=O) groups is 1. The summed E-state index contributed by atoms with van der Waals surface area (Å²) in [4.78, 5) is 16.8. The maximum absolute atomic E-state index is 12.6. The van der Waals surface area contributed by atoms with E-state index in [0.717, 1.165) is 25.7 Å². The van der Waals surface area contributed by atoms with Gasteiger partial charge in [-0.05, 0) is 12.8 Å². The molecular formula is C12H15FNO2+. The van der Waals surface area contributed by atoms with Gasteiger partial charge >= 0.3 is 5.97 Å². The molecular weight excluding hydrogens is 209 g/mol. The SMILES string of the molecule is O=C(O[n+]1ccc(F)cc1)C1CCCCC1. The summed E-state index contributed by atoms with van der Waals surface area (Å²) in [5.41, 5.74) is 0. The molecule has 0 saturated heterocycles. The number of halogens is 1. The molecule has 0 bridgehead atoms. The quantitative estimate of drug-likeness (QED) is 0.715. The predicted octanol–water partition coefficient (Wildman–Crippen LogP) is 1.65. The van der Waals surface area contributed by atoms with E-state index in [1.165, 1.54) is 35.7 Å². The fourth-order valence-corrected chi connectivity index (χ4v) is 1.97. The number of aromatic nitrogens is 1. The highest BCUT2D eigenvalue weighted by atomic mass is 19.1. The molecule has 1 saturated carbocycles. The fourth-order valence-electron chi connectivity index (χ4n) is 1.97. The summed E-state index contributed by atoms with van der Waals surface area (Å²) in [6, 6.07) is 2.52. The third-order valence-corrected chi connectivity index (χ3v) is 2.90. The van der Waals surface area contributed by atoms with Gasteiger partial charge in [-0.15, -0.1) is 0 Å². The first-order valence-corrected chi connectivity index (χ1v) is 5.65. The van der Waals surface area contributed by atoms with Crippen molar-refractivity contribution < 1.29 is 18.8 Å². The topological polar surface area (TPSA) is 30.2 Å². The van der Waals surface area contributed by atoms with Crippen LogP contribution in [0, 0.1) is 11.7 Å². The number of hydrogen-bond donors (Lipinski definition) is 0. The van der Waals surface area contributed by atoms with Gasteiger partial charge in [-0.2, -0.15) is 4.84 Å². The van der Waals surface area contributed by atoms with Crippen molar-refractivity contribution in [1.29, 1.82) is 0 Å². The second-order valence-corrected chi connectivity index (χ2v) is 4.12. The summed E-state index contributed by atoms with van der Waals surface area (Å²) in [6.45, 7) is 0. The van der Waals surface area contributed by atoms with Crippen molar-refractivity contribution in [2.45, 2.75) is 32.1 Å². The number of pyridine rings is 1. The van der Waals surface area contributed by atoms with Gasteiger partial charge in [0.05, 0.1) is 5.92 Å². The van der Waals surface area contributed by atoms with Gasteiger partial charge in [-0.25, -0.2) is 9.18 Å². The lowest BCUT2D eigenvalue weighted by Gasteiger charge is -2.17. The van der Waals surface area contributed by atoms with Crippen LogP contribution in [0.4, 0.5) is 4.39 Å². The van der Waals surface area contributed by atoms with Crippen LogP contribution in [0.15, 0.2) is 24.5 Å². The van der Waals surface area contributed by atoms with Crippen molar-refractivity contribution >= 4 is 5.97 Å². The van der Waals surface area contributed by atoms with Crippen LogP contribution < -0.4 is 9.57 Å². The van der Waals surface area contributed by atoms with Gasteiger partial charge in [-0.1, -0.05) is 19.3 Å². The summed E-state index contributed by atoms with van der Waals surface area (Å²) < 4.78 is 13.9. The molecule has 0 N–H and O–H groups in total. The van der Waals surface area contributed by atoms with Crippen LogP contribution in [0.2, 0.25) is 0 Å². The van der Waals surface area contributed by atoms with E-state index in [9.17, 15) is 9.18 Å². The van der Waals surface area contributed by atoms with Crippen molar-refractivity contribution in [2.24, 2.45) is 5.92 Å². The van der Waals surface area contributed by atoms with E-state index >= 15 is 0 Å². The molecule has 0 aromatic carbocycles. The zero-order chi connectivity index (χ0) is 11.4. The molecule has 1 aromatic heterocycles. The molecule has 0 aliphatic heterocycles. The van der Waals surface area contributed by atoms with Crippen LogP contribution in [0.3, 0.4) is 0 Å². The molecule has 1 fully saturated rings. The van der Waals surface area contributed by atoms with Crippen molar-refractivity contribution in [2.75, 3.05) is 0 Å². The Hall–Kier alpha value is -1.45. The van der Waals surface area contributed by atoms with E-state index < -0.39 is 0 Å². The minimum absolute atomic E-state index is 0.00584. The Balaban J connectivity index is 1.93. The number of rotatable bonds is 2. The van der Waals surface area contributed by atoms with Crippen molar-refractivity contribution in [3.05, 3.63) is 30.3 Å². The van der Waals surface area contributed by atoms with E-state index in [4.69, 9.17) is 4.84 Å². The van der Waals surface area contributed by atoms with Crippen LogP contribution in [0.1, 0.15) is 32.1 Å². The lowest BCUT2D eigenvalue weighted by atomic mass is 9.89. The predicted molar refractivity (Wildman–Crippen MR) is 54.8 cm³/mol. The van der Waals surface area contributed by atoms with Gasteiger partial charge in [0.15, 0.2) is 0 Å². The lowest BCUT2D eigenvalue weighted by Crippen LogP contribution is -2.47. The highest BCUT2D eigenvalue weighted by Gasteiger charge is 2.26. The van der Waals surface area contributed by atoms with Crippen LogP contribution in [0.5, 0.6) is 0 Å². The Labute approximate surface area is 93.8 Å². The largest absolute Gasteiger partial charge is 0.383 e. The third kappa shape index (κ3) is 2.78. The molecule has 86 valence electrons. The standard InChI is InChI=1S/C12H15FNO2/c13-11-6-8-14(9-7-11)16-12(15)10-4-2-1-3-5-10/h6-10H,1-5H2/q+1. The summed E-state index contributed by atoms with van der Waals surface area (Å²) in [6.07, 6.45) is 7.99. The second kappa shape index (κ2) is 5.05. The average molecular weight is 224 g/mol. The van der Waals surface area contributed by atoms with Gasteiger partial charge in [0.25, 0.3) is 0 Å². The normalized spacial score (nSPS) is 17.1. The van der Waals surface area contributed by atoms with E-state index in [2.05, 4.69) is 0 Å². The monoisotopic (exact) mass is 224 g/mol. The molecule has 3 nitrogen and oxygen atoms in total. The first-order chi connectivity index (χ1) is 7.75. The lowest BCUT2D eigenvalue weighted by molar-refractivity contribution is -0.870. The smallest absolute Gasteiger partial charge is 0.244 e. The summed E-state index contributed by atoms with van der Waals surface area (Å²) in [5, 5.41) is 0. The Morgan fingerprint density at radius 2 is 1.88 bits per heavy atom. The highest BCUT2D eigenvalue weighted by molar-refractivity contribution is 5.72. The first-order valence-electron chi connectivity index (χ1n) is 5.65. The zero-order valence-corrected chi connectivity index (χ0v) is 9.06. The molecule has 16 heavy (non-hydrogen) atoms. The van der Waals surface area contributed by atoms with E-state index in [1.807, 2.05) is 0 Å². The Morgan fingerprint density at radius 1 is 1.25 bits per heavy atom. The van der Waals surface area contributed by atoms with E-state index in [1.54, 1.807) is 0 Å². The molecule has 1 heterocycles. The van der Waals surface area contributed by atoms with Crippen LogP contribution in [0.25, 0.3) is 0 Å². The van der Waals surface area contributed by atoms with Crippen LogP contribution >= 0.6 is 0 Å². The Bertz CT molecular complexity index is 358. The van der Waals surface area contributed by atoms with E-state index in [-0.39, 0.29) is 17.7 Å². The fraction of sp³-hybridized carbons (Fsp3) is 0.500. The second-order valence-electron chi connectivity index (χ2n) is 4.12. The molecule has 2 rings (SSSR count). The molecule has 1 aromatic rings. The van der Waals surface area contributed by atoms with Crippen LogP contribution in [-0.2, 0) is 4.79 Å². The van der Waals surface area contributed by atoms with Gasteiger partial charge in [-0.3, -0.25) is 0 Å². The Kier molecular flexibility index (Phi) is 3.49. The third-order valence-electron chi connectivity index (χ3n) is 2.90. The number of carbonyl (C=O) groups excluding carboxylic acids is 1. The summed E-state index contributed by atoms with van der Waals surface area (Å²) in [5.74, 6) is -0.549. The van der Waals surface area contributed by atoms with Gasteiger partial charge in [0, 0.05) is 16.9 Å². The maximum atomic E-state index is 12.6. The summed E-state index contributed by atoms with van der Waals surface area (Å²) >= 11 is 0. The molecule has 4 heteroatoms. The van der Waals surface area contributed by atoms with Crippen molar-refractivity contribution in [1.82, 2.24) is 0 Å². The average Bonchev–Trinajstić information content (AvgIpc) is 2.33. The molecule has 1 aliphatic rings. The van der Waals surface area contributed by atoms with Crippen molar-refractivity contribution in [3.63, 3.8) is 0 Å².